The van der Waals surface area contributed by atoms with Crippen LogP contribution < -0.4 is 9.47 Å². The van der Waals surface area contributed by atoms with Gasteiger partial charge in [0.15, 0.2) is 6.17 Å². The van der Waals surface area contributed by atoms with Crippen LogP contribution in [0.25, 0.3) is 0 Å². The minimum atomic E-state index is -3.61. The smallest absolute Gasteiger partial charge is 0.264 e. The first-order valence-corrected chi connectivity index (χ1v) is 11.6. The molecule has 2 aromatic rings. The van der Waals surface area contributed by atoms with Crippen LogP contribution in [-0.2, 0) is 19.7 Å². The predicted octanol–water partition coefficient (Wildman–Crippen LogP) is 2.44. The highest BCUT2D eigenvalue weighted by Gasteiger charge is 2.23. The summed E-state index contributed by atoms with van der Waals surface area (Å²) in [5.74, 6) is 1.06. The molecule has 0 radical (unpaired) electrons. The molecule has 0 aliphatic carbocycles. The zero-order valence-corrected chi connectivity index (χ0v) is 18.6. The second kappa shape index (κ2) is 10.9. The van der Waals surface area contributed by atoms with Gasteiger partial charge in [0.25, 0.3) is 10.1 Å². The van der Waals surface area contributed by atoms with Crippen LogP contribution in [-0.4, -0.2) is 63.6 Å². The lowest BCUT2D eigenvalue weighted by molar-refractivity contribution is 0.0652. The predicted molar refractivity (Wildman–Crippen MR) is 115 cm³/mol. The molecule has 0 saturated heterocycles. The maximum absolute atomic E-state index is 13.1. The van der Waals surface area contributed by atoms with Crippen LogP contribution in [0.4, 0.5) is 4.39 Å². The van der Waals surface area contributed by atoms with Gasteiger partial charge in [-0.15, -0.1) is 0 Å². The Hall–Kier alpha value is -2.20. The van der Waals surface area contributed by atoms with Crippen LogP contribution in [0.15, 0.2) is 48.5 Å². The van der Waals surface area contributed by atoms with Gasteiger partial charge in [-0.2, -0.15) is 8.42 Å². The van der Waals surface area contributed by atoms with Gasteiger partial charge in [0.05, 0.1) is 19.5 Å². The third kappa shape index (κ3) is 8.10. The SMILES string of the molecule is CC(C)(c1ccc(OCC(O)COS(C)(=O)=O)cc1)c1ccc(OCC(F)CO)cc1. The van der Waals surface area contributed by atoms with E-state index in [-0.39, 0.29) is 25.2 Å². The zero-order chi connectivity index (χ0) is 23.1. The highest BCUT2D eigenvalue weighted by Crippen LogP contribution is 2.33. The van der Waals surface area contributed by atoms with Crippen molar-refractivity contribution in [2.24, 2.45) is 0 Å². The Bertz CT molecular complexity index is 912. The van der Waals surface area contributed by atoms with Gasteiger partial charge in [-0.05, 0) is 35.4 Å². The van der Waals surface area contributed by atoms with E-state index in [1.54, 1.807) is 24.3 Å². The number of ether oxygens (including phenoxy) is 2. The minimum Gasteiger partial charge on any atom is -0.491 e. The Morgan fingerprint density at radius 3 is 1.77 bits per heavy atom. The van der Waals surface area contributed by atoms with Crippen molar-refractivity contribution in [3.05, 3.63) is 59.7 Å². The third-order valence-corrected chi connectivity index (χ3v) is 5.26. The second-order valence-electron chi connectivity index (χ2n) is 7.72. The molecule has 2 aromatic carbocycles. The van der Waals surface area contributed by atoms with Crippen molar-refractivity contribution in [2.75, 3.05) is 32.7 Å². The Labute approximate surface area is 182 Å². The van der Waals surface area contributed by atoms with Gasteiger partial charge < -0.3 is 19.7 Å². The molecule has 172 valence electrons. The van der Waals surface area contributed by atoms with E-state index < -0.39 is 29.0 Å². The molecule has 0 bridgehead atoms. The van der Waals surface area contributed by atoms with E-state index in [1.807, 2.05) is 24.3 Å². The first-order valence-electron chi connectivity index (χ1n) is 9.75. The summed E-state index contributed by atoms with van der Waals surface area (Å²) in [6.45, 7) is 2.89. The second-order valence-corrected chi connectivity index (χ2v) is 9.36. The summed E-state index contributed by atoms with van der Waals surface area (Å²) in [5, 5.41) is 18.5. The fourth-order valence-corrected chi connectivity index (χ4v) is 3.19. The minimum absolute atomic E-state index is 0.101. The van der Waals surface area contributed by atoms with E-state index in [2.05, 4.69) is 18.0 Å². The molecule has 2 unspecified atom stereocenters. The molecule has 0 aliphatic heterocycles. The average molecular weight is 457 g/mol. The Balaban J connectivity index is 1.96. The van der Waals surface area contributed by atoms with Gasteiger partial charge >= 0.3 is 0 Å². The lowest BCUT2D eigenvalue weighted by atomic mass is 9.78. The number of benzene rings is 2. The normalized spacial score (nSPS) is 14.1. The summed E-state index contributed by atoms with van der Waals surface area (Å²) in [4.78, 5) is 0. The van der Waals surface area contributed by atoms with Gasteiger partial charge in [-0.3, -0.25) is 4.18 Å². The molecule has 0 aliphatic rings. The van der Waals surface area contributed by atoms with Crippen molar-refractivity contribution in [3.8, 4) is 11.5 Å². The fraction of sp³-hybridized carbons (Fsp3) is 0.455. The number of aliphatic hydroxyl groups excluding tert-OH is 2. The highest BCUT2D eigenvalue weighted by molar-refractivity contribution is 7.85. The fourth-order valence-electron chi connectivity index (χ4n) is 2.78. The molecule has 2 N–H and O–H groups in total. The molecule has 31 heavy (non-hydrogen) atoms. The molecule has 0 saturated carbocycles. The quantitative estimate of drug-likeness (QED) is 0.473. The molecule has 0 aromatic heterocycles. The summed E-state index contributed by atoms with van der Waals surface area (Å²) < 4.78 is 50.3. The lowest BCUT2D eigenvalue weighted by Gasteiger charge is -2.26. The number of hydrogen-bond donors (Lipinski definition) is 2. The Morgan fingerprint density at radius 1 is 0.903 bits per heavy atom. The van der Waals surface area contributed by atoms with E-state index in [9.17, 15) is 17.9 Å². The number of rotatable bonds is 12. The molecular formula is C22H29FO7S. The van der Waals surface area contributed by atoms with Crippen LogP contribution in [0.5, 0.6) is 11.5 Å². The molecule has 0 fully saturated rings. The zero-order valence-electron chi connectivity index (χ0n) is 17.8. The summed E-state index contributed by atoms with van der Waals surface area (Å²) in [5.41, 5.74) is 1.73. The van der Waals surface area contributed by atoms with Crippen molar-refractivity contribution in [1.82, 2.24) is 0 Å². The molecule has 2 atom stereocenters. The van der Waals surface area contributed by atoms with Gasteiger partial charge in [0.1, 0.15) is 30.8 Å². The topological polar surface area (TPSA) is 102 Å². The summed E-state index contributed by atoms with van der Waals surface area (Å²) in [7, 11) is -3.61. The lowest BCUT2D eigenvalue weighted by Crippen LogP contribution is -2.25. The molecule has 7 nitrogen and oxygen atoms in total. The molecule has 0 spiro atoms. The third-order valence-electron chi connectivity index (χ3n) is 4.70. The molecule has 9 heteroatoms. The Morgan fingerprint density at radius 2 is 1.35 bits per heavy atom. The highest BCUT2D eigenvalue weighted by atomic mass is 32.2. The molecule has 0 heterocycles. The summed E-state index contributed by atoms with van der Waals surface area (Å²) in [6, 6.07) is 14.7. The van der Waals surface area contributed by atoms with Gasteiger partial charge in [0.2, 0.25) is 0 Å². The summed E-state index contributed by atoms with van der Waals surface area (Å²) >= 11 is 0. The van der Waals surface area contributed by atoms with E-state index in [4.69, 9.17) is 14.6 Å². The molecule has 2 rings (SSSR count). The average Bonchev–Trinajstić information content (AvgIpc) is 2.74. The monoisotopic (exact) mass is 456 g/mol. The van der Waals surface area contributed by atoms with E-state index in [1.165, 1.54) is 0 Å². The number of aliphatic hydroxyl groups is 2. The van der Waals surface area contributed by atoms with E-state index in [0.29, 0.717) is 11.5 Å². The largest absolute Gasteiger partial charge is 0.491 e. The van der Waals surface area contributed by atoms with Crippen LogP contribution in [0.1, 0.15) is 25.0 Å². The van der Waals surface area contributed by atoms with Crippen molar-refractivity contribution >= 4 is 10.1 Å². The number of halogens is 1. The van der Waals surface area contributed by atoms with Gasteiger partial charge in [0, 0.05) is 5.41 Å². The maximum atomic E-state index is 13.1. The van der Waals surface area contributed by atoms with Gasteiger partial charge in [-0.25, -0.2) is 4.39 Å². The molecular weight excluding hydrogens is 427 g/mol. The van der Waals surface area contributed by atoms with Crippen molar-refractivity contribution in [1.29, 1.82) is 0 Å². The maximum Gasteiger partial charge on any atom is 0.264 e. The van der Waals surface area contributed by atoms with Crippen molar-refractivity contribution < 1.29 is 36.7 Å². The number of hydrogen-bond acceptors (Lipinski definition) is 7. The van der Waals surface area contributed by atoms with Crippen molar-refractivity contribution in [2.45, 2.75) is 31.5 Å². The summed E-state index contributed by atoms with van der Waals surface area (Å²) in [6.07, 6.45) is -1.57. The van der Waals surface area contributed by atoms with Gasteiger partial charge in [-0.1, -0.05) is 38.1 Å². The van der Waals surface area contributed by atoms with Crippen LogP contribution in [0.3, 0.4) is 0 Å². The van der Waals surface area contributed by atoms with E-state index >= 15 is 0 Å². The van der Waals surface area contributed by atoms with Crippen LogP contribution in [0, 0.1) is 0 Å². The first-order chi connectivity index (χ1) is 14.5. The van der Waals surface area contributed by atoms with Crippen LogP contribution >= 0.6 is 0 Å². The number of alkyl halides is 1. The van der Waals surface area contributed by atoms with E-state index in [0.717, 1.165) is 17.4 Å². The van der Waals surface area contributed by atoms with Crippen LogP contribution in [0.2, 0.25) is 0 Å². The first kappa shape index (κ1) is 25.1. The standard InChI is InChI=1S/C22H29FO7S/c1-22(2,16-4-8-20(9-5-16)28-13-18(23)12-24)17-6-10-21(11-7-17)29-14-19(25)15-30-31(3,26)27/h4-11,18-19,24-25H,12-15H2,1-3H3. The molecule has 0 amide bonds. The van der Waals surface area contributed by atoms with Crippen molar-refractivity contribution in [3.63, 3.8) is 0 Å². The Kier molecular flexibility index (Phi) is 8.81.